The van der Waals surface area contributed by atoms with Gasteiger partial charge in [-0.3, -0.25) is 14.4 Å². The van der Waals surface area contributed by atoms with Gasteiger partial charge < -0.3 is 15.4 Å². The first-order chi connectivity index (χ1) is 16.8. The lowest BCUT2D eigenvalue weighted by Gasteiger charge is -2.10. The number of nitrogens with one attached hydrogen (secondary N) is 2. The van der Waals surface area contributed by atoms with E-state index < -0.39 is 17.4 Å². The van der Waals surface area contributed by atoms with E-state index >= 15 is 0 Å². The third-order valence-electron chi connectivity index (χ3n) is 5.26. The number of anilines is 2. The summed E-state index contributed by atoms with van der Waals surface area (Å²) in [5, 5.41) is 6.12. The number of ether oxygens (including phenoxy) is 1. The van der Waals surface area contributed by atoms with Gasteiger partial charge in [0, 0.05) is 34.2 Å². The van der Waals surface area contributed by atoms with Crippen LogP contribution in [-0.2, 0) is 6.42 Å². The predicted molar refractivity (Wildman–Crippen MR) is 138 cm³/mol. The standard InChI is InChI=1S/C25H23ClN4O4S/c1-4-6-16-13-20(31)30-21(23(32)27-17-7-5-8-18(12-17)34-3)22(35-25(30)28-16)24(33)29-19-10-9-15(26)11-14(19)2/h5,7-13H,4,6H2,1-3H3,(H,27,32)(H,29,33). The van der Waals surface area contributed by atoms with Crippen molar-refractivity contribution in [2.24, 2.45) is 0 Å². The molecule has 35 heavy (non-hydrogen) atoms. The molecule has 2 amide bonds. The van der Waals surface area contributed by atoms with E-state index in [4.69, 9.17) is 16.3 Å². The van der Waals surface area contributed by atoms with Crippen molar-refractivity contribution in [3.05, 3.63) is 85.7 Å². The molecule has 180 valence electrons. The van der Waals surface area contributed by atoms with Gasteiger partial charge in [-0.15, -0.1) is 0 Å². The summed E-state index contributed by atoms with van der Waals surface area (Å²) in [5.41, 5.74) is 1.86. The molecule has 4 rings (SSSR count). The number of fused-ring (bicyclic) bond motifs is 1. The first kappa shape index (κ1) is 24.4. The van der Waals surface area contributed by atoms with Crippen LogP contribution in [0.3, 0.4) is 0 Å². The SMILES string of the molecule is CCCc1cc(=O)n2c(C(=O)Nc3cccc(OC)c3)c(C(=O)Nc3ccc(Cl)cc3C)sc2n1. The molecular weight excluding hydrogens is 488 g/mol. The van der Waals surface area contributed by atoms with Crippen molar-refractivity contribution in [1.82, 2.24) is 9.38 Å². The molecule has 0 unspecified atom stereocenters. The minimum absolute atomic E-state index is 0.0676. The Balaban J connectivity index is 1.81. The Bertz CT molecular complexity index is 1490. The number of nitrogens with zero attached hydrogens (tertiary/aromatic N) is 2. The first-order valence-corrected chi connectivity index (χ1v) is 12.1. The number of carbonyl (C=O) groups excluding carboxylic acids is 2. The van der Waals surface area contributed by atoms with E-state index in [1.165, 1.54) is 17.6 Å². The van der Waals surface area contributed by atoms with Crippen LogP contribution in [0.15, 0.2) is 53.3 Å². The summed E-state index contributed by atoms with van der Waals surface area (Å²) in [6.45, 7) is 3.80. The number of rotatable bonds is 7. The number of halogens is 1. The number of aromatic nitrogens is 2. The lowest BCUT2D eigenvalue weighted by molar-refractivity contribution is 0.0989. The van der Waals surface area contributed by atoms with E-state index in [1.54, 1.807) is 42.5 Å². The quantitative estimate of drug-likeness (QED) is 0.356. The molecule has 0 spiro atoms. The van der Waals surface area contributed by atoms with Crippen LogP contribution in [0.5, 0.6) is 5.75 Å². The summed E-state index contributed by atoms with van der Waals surface area (Å²) >= 11 is 7.02. The fourth-order valence-electron chi connectivity index (χ4n) is 3.60. The van der Waals surface area contributed by atoms with Gasteiger partial charge in [0.2, 0.25) is 0 Å². The van der Waals surface area contributed by atoms with E-state index in [9.17, 15) is 14.4 Å². The zero-order chi connectivity index (χ0) is 25.1. The summed E-state index contributed by atoms with van der Waals surface area (Å²) in [4.78, 5) is 44.6. The smallest absolute Gasteiger partial charge is 0.274 e. The minimum Gasteiger partial charge on any atom is -0.497 e. The maximum Gasteiger partial charge on any atom is 0.274 e. The number of amides is 2. The van der Waals surface area contributed by atoms with E-state index in [0.717, 1.165) is 23.3 Å². The van der Waals surface area contributed by atoms with E-state index in [0.29, 0.717) is 34.3 Å². The summed E-state index contributed by atoms with van der Waals surface area (Å²) in [7, 11) is 1.52. The van der Waals surface area contributed by atoms with Crippen LogP contribution in [0.25, 0.3) is 4.96 Å². The fraction of sp³-hybridized carbons (Fsp3) is 0.200. The highest BCUT2D eigenvalue weighted by molar-refractivity contribution is 7.19. The maximum absolute atomic E-state index is 13.4. The van der Waals surface area contributed by atoms with Gasteiger partial charge in [0.1, 0.15) is 16.3 Å². The Kier molecular flexibility index (Phi) is 7.18. The molecule has 0 atom stereocenters. The van der Waals surface area contributed by atoms with Gasteiger partial charge in [-0.1, -0.05) is 42.3 Å². The molecule has 0 saturated carbocycles. The molecular formula is C25H23ClN4O4S. The van der Waals surface area contributed by atoms with Crippen molar-refractivity contribution >= 4 is 51.1 Å². The third kappa shape index (κ3) is 5.21. The molecule has 0 aliphatic heterocycles. The Morgan fingerprint density at radius 1 is 1.11 bits per heavy atom. The molecule has 2 heterocycles. The molecule has 0 radical (unpaired) electrons. The van der Waals surface area contributed by atoms with E-state index in [2.05, 4.69) is 15.6 Å². The summed E-state index contributed by atoms with van der Waals surface area (Å²) in [6, 6.07) is 13.3. The summed E-state index contributed by atoms with van der Waals surface area (Å²) in [6.07, 6.45) is 1.42. The van der Waals surface area contributed by atoms with Gasteiger partial charge in [-0.05, 0) is 49.2 Å². The lowest BCUT2D eigenvalue weighted by atomic mass is 10.2. The number of hydrogen-bond acceptors (Lipinski definition) is 6. The number of benzene rings is 2. The summed E-state index contributed by atoms with van der Waals surface area (Å²) in [5.74, 6) is -0.593. The van der Waals surface area contributed by atoms with Gasteiger partial charge in [0.05, 0.1) is 7.11 Å². The summed E-state index contributed by atoms with van der Waals surface area (Å²) < 4.78 is 6.40. The third-order valence-corrected chi connectivity index (χ3v) is 6.54. The average molecular weight is 511 g/mol. The predicted octanol–water partition coefficient (Wildman–Crippen LogP) is 5.18. The number of methoxy groups -OCH3 is 1. The van der Waals surface area contributed by atoms with Gasteiger partial charge in [-0.25, -0.2) is 9.38 Å². The fourth-order valence-corrected chi connectivity index (χ4v) is 4.87. The highest BCUT2D eigenvalue weighted by atomic mass is 35.5. The normalized spacial score (nSPS) is 10.9. The number of carbonyl (C=O) groups is 2. The Morgan fingerprint density at radius 3 is 2.63 bits per heavy atom. The lowest BCUT2D eigenvalue weighted by Crippen LogP contribution is -2.25. The van der Waals surface area contributed by atoms with Crippen LogP contribution < -0.4 is 20.9 Å². The Labute approximate surface area is 210 Å². The van der Waals surface area contributed by atoms with E-state index in [-0.39, 0.29) is 15.5 Å². The van der Waals surface area contributed by atoms with Crippen molar-refractivity contribution in [2.75, 3.05) is 17.7 Å². The van der Waals surface area contributed by atoms with Crippen LogP contribution in [0.2, 0.25) is 5.02 Å². The molecule has 0 fully saturated rings. The van der Waals surface area contributed by atoms with Gasteiger partial charge in [-0.2, -0.15) is 0 Å². The van der Waals surface area contributed by atoms with Gasteiger partial charge in [0.25, 0.3) is 17.4 Å². The Hall–Kier alpha value is -3.69. The average Bonchev–Trinajstić information content (AvgIpc) is 3.21. The molecule has 2 aromatic carbocycles. The molecule has 8 nitrogen and oxygen atoms in total. The second-order valence-corrected chi connectivity index (χ2v) is 9.25. The molecule has 2 aromatic heterocycles. The molecule has 0 aliphatic rings. The topological polar surface area (TPSA) is 102 Å². The second kappa shape index (κ2) is 10.3. The van der Waals surface area contributed by atoms with E-state index in [1.807, 2.05) is 13.8 Å². The van der Waals surface area contributed by atoms with Crippen molar-refractivity contribution in [3.8, 4) is 5.75 Å². The van der Waals surface area contributed by atoms with Gasteiger partial charge in [0.15, 0.2) is 4.96 Å². The van der Waals surface area contributed by atoms with Gasteiger partial charge >= 0.3 is 0 Å². The molecule has 4 aromatic rings. The van der Waals surface area contributed by atoms with Crippen molar-refractivity contribution in [2.45, 2.75) is 26.7 Å². The number of thiazole rings is 1. The van der Waals surface area contributed by atoms with Crippen LogP contribution >= 0.6 is 22.9 Å². The van der Waals surface area contributed by atoms with Crippen molar-refractivity contribution < 1.29 is 14.3 Å². The molecule has 0 aliphatic carbocycles. The largest absolute Gasteiger partial charge is 0.497 e. The minimum atomic E-state index is -0.616. The number of hydrogen-bond donors (Lipinski definition) is 2. The zero-order valence-corrected chi connectivity index (χ0v) is 20.9. The van der Waals surface area contributed by atoms with Crippen LogP contribution in [0.4, 0.5) is 11.4 Å². The highest BCUT2D eigenvalue weighted by Gasteiger charge is 2.27. The molecule has 2 N–H and O–H groups in total. The van der Waals surface area contributed by atoms with Crippen LogP contribution in [0, 0.1) is 6.92 Å². The Morgan fingerprint density at radius 2 is 1.91 bits per heavy atom. The first-order valence-electron chi connectivity index (χ1n) is 10.9. The zero-order valence-electron chi connectivity index (χ0n) is 19.3. The van der Waals surface area contributed by atoms with Crippen LogP contribution in [0.1, 0.15) is 44.8 Å². The monoisotopic (exact) mass is 510 g/mol. The number of aryl methyl sites for hydroxylation is 2. The maximum atomic E-state index is 13.4. The molecule has 10 heteroatoms. The highest BCUT2D eigenvalue weighted by Crippen LogP contribution is 2.26. The van der Waals surface area contributed by atoms with Crippen molar-refractivity contribution in [3.63, 3.8) is 0 Å². The van der Waals surface area contributed by atoms with Crippen molar-refractivity contribution in [1.29, 1.82) is 0 Å². The second-order valence-electron chi connectivity index (χ2n) is 7.83. The molecule has 0 bridgehead atoms. The van der Waals surface area contributed by atoms with Crippen LogP contribution in [-0.4, -0.2) is 28.3 Å². The molecule has 0 saturated heterocycles.